The van der Waals surface area contributed by atoms with Crippen molar-refractivity contribution in [1.29, 1.82) is 0 Å². The third-order valence-electron chi connectivity index (χ3n) is 3.07. The van der Waals surface area contributed by atoms with Crippen molar-refractivity contribution in [2.24, 2.45) is 0 Å². The van der Waals surface area contributed by atoms with Crippen molar-refractivity contribution in [2.75, 3.05) is 23.0 Å². The zero-order valence-corrected chi connectivity index (χ0v) is 11.4. The summed E-state index contributed by atoms with van der Waals surface area (Å²) in [6.45, 7) is 0. The first-order chi connectivity index (χ1) is 6.88. The van der Waals surface area contributed by atoms with E-state index in [0.717, 1.165) is 0 Å². The van der Waals surface area contributed by atoms with Crippen LogP contribution in [0.15, 0.2) is 0 Å². The van der Waals surface area contributed by atoms with Gasteiger partial charge in [0, 0.05) is 32.3 Å². The maximum Gasteiger partial charge on any atom is 0.0356 e. The lowest BCUT2D eigenvalue weighted by Gasteiger charge is -2.36. The number of hydrogen-bond donors (Lipinski definition) is 2. The third kappa shape index (κ3) is 3.00. The monoisotopic (exact) mass is 254 g/mol. The Bertz CT molecular complexity index is 147. The Morgan fingerprint density at radius 1 is 0.643 bits per heavy atom. The van der Waals surface area contributed by atoms with Crippen LogP contribution >= 0.6 is 19.9 Å². The molecule has 0 aromatic heterocycles. The van der Waals surface area contributed by atoms with Crippen LogP contribution in [0.2, 0.25) is 0 Å². The smallest absolute Gasteiger partial charge is 0.0356 e. The van der Waals surface area contributed by atoms with Gasteiger partial charge in [-0.05, 0) is 25.7 Å². The van der Waals surface area contributed by atoms with E-state index in [0.29, 0.717) is 0 Å². The first-order valence-corrected chi connectivity index (χ1v) is 11.6. The van der Waals surface area contributed by atoms with Gasteiger partial charge in [0.05, 0.1) is 0 Å². The molecule has 0 aromatic carbocycles. The van der Waals surface area contributed by atoms with Crippen LogP contribution in [0, 0.1) is 0 Å². The van der Waals surface area contributed by atoms with Crippen molar-refractivity contribution in [3.8, 4) is 0 Å². The lowest BCUT2D eigenvalue weighted by Crippen LogP contribution is -2.16. The average Bonchev–Trinajstić information content (AvgIpc) is 2.30. The molecule has 4 heteroatoms. The van der Waals surface area contributed by atoms with Crippen LogP contribution in [0.4, 0.5) is 0 Å². The van der Waals surface area contributed by atoms with Crippen molar-refractivity contribution in [3.05, 3.63) is 0 Å². The molecule has 0 amide bonds. The summed E-state index contributed by atoms with van der Waals surface area (Å²) < 4.78 is 12.3. The van der Waals surface area contributed by atoms with Gasteiger partial charge in [-0.15, -0.1) is 0 Å². The molecule has 0 aromatic rings. The molecular formula is C10H22OS3. The molecule has 86 valence electrons. The molecule has 2 aliphatic heterocycles. The quantitative estimate of drug-likeness (QED) is 0.442. The predicted molar refractivity (Wildman–Crippen MR) is 73.3 cm³/mol. The number of thiol groups is 2. The van der Waals surface area contributed by atoms with E-state index >= 15 is 0 Å². The van der Waals surface area contributed by atoms with E-state index in [2.05, 4.69) is 0 Å². The zero-order valence-electron chi connectivity index (χ0n) is 8.78. The molecule has 0 spiro atoms. The van der Waals surface area contributed by atoms with Gasteiger partial charge in [0.1, 0.15) is 0 Å². The van der Waals surface area contributed by atoms with Crippen LogP contribution in [-0.2, 0) is 9.24 Å². The van der Waals surface area contributed by atoms with Crippen molar-refractivity contribution in [3.63, 3.8) is 0 Å². The number of rotatable bonds is 2. The van der Waals surface area contributed by atoms with Gasteiger partial charge in [0.15, 0.2) is 0 Å². The molecule has 0 radical (unpaired) electrons. The van der Waals surface area contributed by atoms with Crippen LogP contribution in [0.1, 0.15) is 38.5 Å². The van der Waals surface area contributed by atoms with E-state index in [-0.39, 0.29) is 29.1 Å². The SMILES string of the molecule is [O-][S+]([SH]1CCCCC1)[SH]1CCCCC1. The molecule has 2 fully saturated rings. The number of hydrogen-bond acceptors (Lipinski definition) is 1. The van der Waals surface area contributed by atoms with E-state index in [1.54, 1.807) is 0 Å². The maximum atomic E-state index is 12.3. The Morgan fingerprint density at radius 2 is 1.00 bits per heavy atom. The second-order valence-corrected chi connectivity index (χ2v) is 14.3. The molecule has 0 unspecified atom stereocenters. The Balaban J connectivity index is 1.82. The lowest BCUT2D eigenvalue weighted by molar-refractivity contribution is 0.619. The first kappa shape index (κ1) is 11.5. The molecule has 2 rings (SSSR count). The first-order valence-electron chi connectivity index (χ1n) is 5.80. The summed E-state index contributed by atoms with van der Waals surface area (Å²) in [5, 5.41) is 0. The summed E-state index contributed by atoms with van der Waals surface area (Å²) in [7, 11) is -0.473. The van der Waals surface area contributed by atoms with Gasteiger partial charge in [0.2, 0.25) is 0 Å². The molecule has 14 heavy (non-hydrogen) atoms. The van der Waals surface area contributed by atoms with Gasteiger partial charge in [-0.2, -0.15) is 0 Å². The summed E-state index contributed by atoms with van der Waals surface area (Å²) in [6, 6.07) is 0. The third-order valence-corrected chi connectivity index (χ3v) is 16.2. The molecule has 0 aliphatic carbocycles. The second-order valence-electron chi connectivity index (χ2n) is 4.21. The Morgan fingerprint density at radius 3 is 1.36 bits per heavy atom. The second kappa shape index (κ2) is 5.92. The van der Waals surface area contributed by atoms with E-state index in [4.69, 9.17) is 0 Å². The molecule has 1 nitrogen and oxygen atoms in total. The minimum atomic E-state index is -0.363. The summed E-state index contributed by atoms with van der Waals surface area (Å²) in [4.78, 5) is 0. The standard InChI is InChI=1S/C10H22OS3/c11-14(12-7-3-1-4-8-12)13-9-5-2-6-10-13/h12-13H,1-10H2. The molecular weight excluding hydrogens is 232 g/mol. The molecule has 2 heterocycles. The van der Waals surface area contributed by atoms with E-state index in [9.17, 15) is 4.55 Å². The predicted octanol–water partition coefficient (Wildman–Crippen LogP) is 2.94. The molecule has 0 N–H and O–H groups in total. The minimum Gasteiger partial charge on any atom is -0.597 e. The normalized spacial score (nSPS) is 29.6. The highest BCUT2D eigenvalue weighted by molar-refractivity contribution is 9.13. The van der Waals surface area contributed by atoms with Crippen LogP contribution < -0.4 is 0 Å². The van der Waals surface area contributed by atoms with Gasteiger partial charge < -0.3 is 4.55 Å². The largest absolute Gasteiger partial charge is 0.597 e. The summed E-state index contributed by atoms with van der Waals surface area (Å²) >= 11 is 0. The van der Waals surface area contributed by atoms with E-state index in [1.807, 2.05) is 0 Å². The van der Waals surface area contributed by atoms with Gasteiger partial charge in [-0.3, -0.25) is 0 Å². The van der Waals surface area contributed by atoms with Crippen molar-refractivity contribution in [1.82, 2.24) is 0 Å². The maximum absolute atomic E-state index is 12.3. The average molecular weight is 254 g/mol. The molecule has 0 bridgehead atoms. The fourth-order valence-electron chi connectivity index (χ4n) is 2.21. The highest BCUT2D eigenvalue weighted by Gasteiger charge is 2.28. The van der Waals surface area contributed by atoms with Gasteiger partial charge in [-0.25, -0.2) is 0 Å². The van der Waals surface area contributed by atoms with Crippen LogP contribution in [0.3, 0.4) is 0 Å². The fraction of sp³-hybridized carbons (Fsp3) is 1.00. The van der Waals surface area contributed by atoms with Crippen molar-refractivity contribution < 1.29 is 4.55 Å². The summed E-state index contributed by atoms with van der Waals surface area (Å²) in [5.74, 6) is 5.28. The molecule has 2 saturated heterocycles. The molecule has 0 atom stereocenters. The van der Waals surface area contributed by atoms with Crippen molar-refractivity contribution in [2.45, 2.75) is 38.5 Å². The summed E-state index contributed by atoms with van der Waals surface area (Å²) in [6.07, 6.45) is 8.24. The molecule has 2 aliphatic rings. The fourth-order valence-corrected chi connectivity index (χ4v) is 16.2. The van der Waals surface area contributed by atoms with Gasteiger partial charge >= 0.3 is 0 Å². The minimum absolute atomic E-state index is 0.0548. The van der Waals surface area contributed by atoms with E-state index in [1.165, 1.54) is 61.5 Å². The van der Waals surface area contributed by atoms with Crippen LogP contribution in [0.25, 0.3) is 0 Å². The zero-order chi connectivity index (χ0) is 9.80. The van der Waals surface area contributed by atoms with Crippen LogP contribution in [-0.4, -0.2) is 27.6 Å². The van der Waals surface area contributed by atoms with Gasteiger partial charge in [0.25, 0.3) is 0 Å². The Kier molecular flexibility index (Phi) is 4.86. The Labute approximate surface area is 95.1 Å². The van der Waals surface area contributed by atoms with Crippen molar-refractivity contribution >= 4 is 29.1 Å². The Hall–Kier alpha value is 1.01. The topological polar surface area (TPSA) is 23.1 Å². The van der Waals surface area contributed by atoms with E-state index < -0.39 is 0 Å². The van der Waals surface area contributed by atoms with Gasteiger partial charge in [-0.1, -0.05) is 32.7 Å². The highest BCUT2D eigenvalue weighted by Crippen LogP contribution is 2.53. The lowest BCUT2D eigenvalue weighted by atomic mass is 10.3. The highest BCUT2D eigenvalue weighted by atomic mass is 33.6. The van der Waals surface area contributed by atoms with Crippen LogP contribution in [0.5, 0.6) is 0 Å². The summed E-state index contributed by atoms with van der Waals surface area (Å²) in [5.41, 5.74) is 0. The molecule has 0 saturated carbocycles.